The van der Waals surface area contributed by atoms with Gasteiger partial charge in [0.05, 0.1) is 0 Å². The molecule has 0 heterocycles. The Morgan fingerprint density at radius 1 is 0.812 bits per heavy atom. The smallest absolute Gasteiger partial charge is 0.314 e. The highest BCUT2D eigenvalue weighted by Gasteiger charge is 2.28. The summed E-state index contributed by atoms with van der Waals surface area (Å²) < 4.78 is 0. The summed E-state index contributed by atoms with van der Waals surface area (Å²) in [6, 6.07) is 0. The quantitative estimate of drug-likeness (QED) is 0.610. The molecule has 90 valence electrons. The van der Waals surface area contributed by atoms with E-state index in [1.165, 1.54) is 0 Å². The van der Waals surface area contributed by atoms with E-state index in [0.29, 0.717) is 0 Å². The molecule has 2 N–H and O–H groups in total. The number of aliphatic carboxylic acids is 2. The standard InChI is InChI=1S/C10H14O6/c1-5(11)7(9(13)14)3-4-8(6(2)12)10(15)16/h7-8H,3-4H2,1-2H3,(H,13,14)(H,15,16). The third kappa shape index (κ3) is 4.20. The minimum atomic E-state index is -1.29. The average Bonchev–Trinajstić information content (AvgIpc) is 2.09. The van der Waals surface area contributed by atoms with E-state index >= 15 is 0 Å². The van der Waals surface area contributed by atoms with Gasteiger partial charge in [-0.25, -0.2) is 0 Å². The van der Waals surface area contributed by atoms with Crippen LogP contribution in [0.3, 0.4) is 0 Å². The largest absolute Gasteiger partial charge is 0.481 e. The van der Waals surface area contributed by atoms with Gasteiger partial charge in [0.25, 0.3) is 0 Å². The molecule has 6 heteroatoms. The second kappa shape index (κ2) is 5.99. The zero-order chi connectivity index (χ0) is 12.9. The monoisotopic (exact) mass is 230 g/mol. The number of hydrogen-bond acceptors (Lipinski definition) is 4. The van der Waals surface area contributed by atoms with Crippen LogP contribution in [0.1, 0.15) is 26.7 Å². The topological polar surface area (TPSA) is 109 Å². The highest BCUT2D eigenvalue weighted by Crippen LogP contribution is 2.15. The van der Waals surface area contributed by atoms with Crippen LogP contribution < -0.4 is 0 Å². The van der Waals surface area contributed by atoms with Crippen molar-refractivity contribution in [2.45, 2.75) is 26.7 Å². The summed E-state index contributed by atoms with van der Waals surface area (Å²) in [6.45, 7) is 2.25. The minimum Gasteiger partial charge on any atom is -0.481 e. The fraction of sp³-hybridized carbons (Fsp3) is 0.600. The highest BCUT2D eigenvalue weighted by molar-refractivity contribution is 5.98. The van der Waals surface area contributed by atoms with Crippen LogP contribution in [0.2, 0.25) is 0 Å². The molecule has 0 amide bonds. The molecule has 0 saturated carbocycles. The molecular weight excluding hydrogens is 216 g/mol. The van der Waals surface area contributed by atoms with Crippen molar-refractivity contribution in [3.63, 3.8) is 0 Å². The summed E-state index contributed by atoms with van der Waals surface area (Å²) >= 11 is 0. The lowest BCUT2D eigenvalue weighted by molar-refractivity contribution is -0.150. The Bertz CT molecular complexity index is 259. The molecule has 0 bridgehead atoms. The van der Waals surface area contributed by atoms with E-state index in [4.69, 9.17) is 10.2 Å². The van der Waals surface area contributed by atoms with E-state index in [9.17, 15) is 19.2 Å². The fourth-order valence-electron chi connectivity index (χ4n) is 1.33. The van der Waals surface area contributed by atoms with Gasteiger partial charge in [-0.2, -0.15) is 0 Å². The van der Waals surface area contributed by atoms with Gasteiger partial charge in [-0.1, -0.05) is 0 Å². The van der Waals surface area contributed by atoms with Gasteiger partial charge in [0.1, 0.15) is 23.4 Å². The molecule has 0 saturated heterocycles. The molecule has 0 spiro atoms. The van der Waals surface area contributed by atoms with E-state index in [0.717, 1.165) is 13.8 Å². The van der Waals surface area contributed by atoms with Crippen LogP contribution in [0.25, 0.3) is 0 Å². The molecule has 2 atom stereocenters. The molecule has 0 aromatic heterocycles. The van der Waals surface area contributed by atoms with Crippen molar-refractivity contribution >= 4 is 23.5 Å². The maximum absolute atomic E-state index is 10.9. The van der Waals surface area contributed by atoms with Gasteiger partial charge in [0.2, 0.25) is 0 Å². The lowest BCUT2D eigenvalue weighted by Gasteiger charge is -2.11. The molecule has 0 aromatic carbocycles. The predicted octanol–water partition coefficient (Wildman–Crippen LogP) is 0.346. The van der Waals surface area contributed by atoms with Gasteiger partial charge in [-0.15, -0.1) is 0 Å². The van der Waals surface area contributed by atoms with E-state index in [-0.39, 0.29) is 12.8 Å². The Hall–Kier alpha value is -1.72. The Kier molecular flexibility index (Phi) is 5.35. The Morgan fingerprint density at radius 3 is 1.19 bits per heavy atom. The van der Waals surface area contributed by atoms with E-state index in [2.05, 4.69) is 0 Å². The number of Topliss-reactive ketones (excluding diaryl/α,β-unsaturated/α-hetero) is 2. The van der Waals surface area contributed by atoms with Gasteiger partial charge in [-0.3, -0.25) is 19.2 Å². The van der Waals surface area contributed by atoms with Crippen molar-refractivity contribution in [2.75, 3.05) is 0 Å². The zero-order valence-corrected chi connectivity index (χ0v) is 9.10. The van der Waals surface area contributed by atoms with Crippen molar-refractivity contribution < 1.29 is 29.4 Å². The third-order valence-corrected chi connectivity index (χ3v) is 2.32. The third-order valence-electron chi connectivity index (χ3n) is 2.32. The SMILES string of the molecule is CC(=O)C(CCC(C(C)=O)C(=O)O)C(=O)O. The summed E-state index contributed by atoms with van der Waals surface area (Å²) in [5.41, 5.74) is 0. The van der Waals surface area contributed by atoms with Gasteiger partial charge in [-0.05, 0) is 26.7 Å². The fourth-order valence-corrected chi connectivity index (χ4v) is 1.33. The second-order valence-electron chi connectivity index (χ2n) is 3.58. The van der Waals surface area contributed by atoms with Crippen LogP contribution in [-0.4, -0.2) is 33.7 Å². The maximum Gasteiger partial charge on any atom is 0.314 e. The number of carboxylic acid groups (broad SMARTS) is 2. The summed E-state index contributed by atoms with van der Waals surface area (Å²) in [6.07, 6.45) is -0.275. The van der Waals surface area contributed by atoms with Crippen LogP contribution in [0.5, 0.6) is 0 Å². The number of hydrogen-bond donors (Lipinski definition) is 2. The summed E-state index contributed by atoms with van der Waals surface area (Å²) in [5.74, 6) is -6.14. The molecule has 16 heavy (non-hydrogen) atoms. The van der Waals surface area contributed by atoms with Gasteiger partial charge in [0.15, 0.2) is 0 Å². The first-order valence-electron chi connectivity index (χ1n) is 4.73. The molecule has 2 unspecified atom stereocenters. The number of carbonyl (C=O) groups excluding carboxylic acids is 2. The first-order chi connectivity index (χ1) is 7.27. The zero-order valence-electron chi connectivity index (χ0n) is 9.10. The van der Waals surface area contributed by atoms with E-state index in [1.54, 1.807) is 0 Å². The van der Waals surface area contributed by atoms with Crippen LogP contribution in [0.4, 0.5) is 0 Å². The van der Waals surface area contributed by atoms with Gasteiger partial charge in [0, 0.05) is 0 Å². The van der Waals surface area contributed by atoms with Crippen LogP contribution in [-0.2, 0) is 19.2 Å². The van der Waals surface area contributed by atoms with Crippen molar-refractivity contribution in [1.29, 1.82) is 0 Å². The van der Waals surface area contributed by atoms with Crippen LogP contribution in [0, 0.1) is 11.8 Å². The van der Waals surface area contributed by atoms with Crippen LogP contribution in [0.15, 0.2) is 0 Å². The highest BCUT2D eigenvalue weighted by atomic mass is 16.4. The molecule has 6 nitrogen and oxygen atoms in total. The maximum atomic E-state index is 10.9. The average molecular weight is 230 g/mol. The Labute approximate surface area is 92.3 Å². The Morgan fingerprint density at radius 2 is 1.06 bits per heavy atom. The molecule has 0 aliphatic carbocycles. The van der Waals surface area contributed by atoms with E-state index in [1.807, 2.05) is 0 Å². The van der Waals surface area contributed by atoms with Gasteiger partial charge < -0.3 is 10.2 Å². The lowest BCUT2D eigenvalue weighted by Crippen LogP contribution is -2.26. The Balaban J connectivity index is 4.50. The normalized spacial score (nSPS) is 13.9. The second-order valence-corrected chi connectivity index (χ2v) is 3.58. The molecule has 0 fully saturated rings. The molecule has 0 radical (unpaired) electrons. The minimum absolute atomic E-state index is 0.138. The number of carboxylic acids is 2. The number of carbonyl (C=O) groups is 4. The molecule has 0 rings (SSSR count). The lowest BCUT2D eigenvalue weighted by atomic mass is 9.91. The van der Waals surface area contributed by atoms with Crippen LogP contribution >= 0.6 is 0 Å². The molecule has 0 aliphatic heterocycles. The van der Waals surface area contributed by atoms with Gasteiger partial charge >= 0.3 is 11.9 Å². The van der Waals surface area contributed by atoms with Crippen molar-refractivity contribution in [2.24, 2.45) is 11.8 Å². The summed E-state index contributed by atoms with van der Waals surface area (Å²) in [5, 5.41) is 17.4. The first-order valence-corrected chi connectivity index (χ1v) is 4.73. The number of ketones is 2. The number of rotatable bonds is 7. The first kappa shape index (κ1) is 14.3. The summed E-state index contributed by atoms with van der Waals surface area (Å²) in [7, 11) is 0. The molecular formula is C10H14O6. The van der Waals surface area contributed by atoms with Crippen molar-refractivity contribution in [3.8, 4) is 0 Å². The predicted molar refractivity (Wildman–Crippen MR) is 52.8 cm³/mol. The van der Waals surface area contributed by atoms with Crippen molar-refractivity contribution in [3.05, 3.63) is 0 Å². The summed E-state index contributed by atoms with van der Waals surface area (Å²) in [4.78, 5) is 43.1. The van der Waals surface area contributed by atoms with E-state index < -0.39 is 35.3 Å². The van der Waals surface area contributed by atoms with Crippen molar-refractivity contribution in [1.82, 2.24) is 0 Å². The molecule has 0 aromatic rings. The molecule has 0 aliphatic rings.